The van der Waals surface area contributed by atoms with Crippen LogP contribution >= 0.6 is 0 Å². The Morgan fingerprint density at radius 3 is 2.50 bits per heavy atom. The molecule has 1 aromatic carbocycles. The summed E-state index contributed by atoms with van der Waals surface area (Å²) in [5, 5.41) is 13.3. The average Bonchev–Trinajstić information content (AvgIpc) is 2.83. The molecule has 1 aliphatic rings. The van der Waals surface area contributed by atoms with Crippen molar-refractivity contribution in [1.29, 1.82) is 0 Å². The molecule has 0 spiro atoms. The molecule has 0 amide bonds. The number of ketones is 1. The summed E-state index contributed by atoms with van der Waals surface area (Å²) in [6.07, 6.45) is 0. The van der Waals surface area contributed by atoms with E-state index >= 15 is 0 Å². The van der Waals surface area contributed by atoms with Crippen LogP contribution in [0.4, 0.5) is 0 Å². The molecule has 1 aliphatic heterocycles. The van der Waals surface area contributed by atoms with Gasteiger partial charge in [-0.1, -0.05) is 29.8 Å². The molecular weight excluding hydrogens is 228 g/mol. The predicted molar refractivity (Wildman–Crippen MR) is 71.7 cm³/mol. The molecule has 1 aromatic rings. The van der Waals surface area contributed by atoms with Gasteiger partial charge in [0.1, 0.15) is 17.2 Å². The molecule has 0 saturated carbocycles. The van der Waals surface area contributed by atoms with E-state index in [1.807, 2.05) is 19.1 Å². The predicted octanol–water partition coefficient (Wildman–Crippen LogP) is 1.85. The number of hydrogen-bond donors (Lipinski definition) is 2. The minimum absolute atomic E-state index is 0.0179. The molecule has 0 saturated heterocycles. The molecule has 94 valence electrons. The third-order valence-corrected chi connectivity index (χ3v) is 2.82. The van der Waals surface area contributed by atoms with Crippen LogP contribution < -0.4 is 5.32 Å². The normalized spacial score (nSPS) is 15.8. The van der Waals surface area contributed by atoms with Crippen LogP contribution in [0.2, 0.25) is 0 Å². The van der Waals surface area contributed by atoms with Crippen LogP contribution in [0.5, 0.6) is 0 Å². The van der Waals surface area contributed by atoms with Crippen molar-refractivity contribution in [2.24, 2.45) is 4.99 Å². The van der Waals surface area contributed by atoms with Gasteiger partial charge in [0.2, 0.25) is 0 Å². The van der Waals surface area contributed by atoms with Crippen molar-refractivity contribution in [3.63, 3.8) is 0 Å². The van der Waals surface area contributed by atoms with Crippen LogP contribution in [0.25, 0.3) is 5.76 Å². The molecule has 4 heteroatoms. The van der Waals surface area contributed by atoms with Gasteiger partial charge >= 0.3 is 0 Å². The van der Waals surface area contributed by atoms with Crippen molar-refractivity contribution in [3.05, 3.63) is 41.0 Å². The Kier molecular flexibility index (Phi) is 3.46. The van der Waals surface area contributed by atoms with E-state index in [0.717, 1.165) is 5.56 Å². The number of rotatable bonds is 3. The first kappa shape index (κ1) is 12.4. The first-order valence-electron chi connectivity index (χ1n) is 5.89. The quantitative estimate of drug-likeness (QED) is 0.630. The number of hydrogen-bond acceptors (Lipinski definition) is 4. The molecule has 2 N–H and O–H groups in total. The van der Waals surface area contributed by atoms with Crippen molar-refractivity contribution < 1.29 is 9.90 Å². The fraction of sp³-hybridized carbons (Fsp3) is 0.286. The van der Waals surface area contributed by atoms with E-state index in [4.69, 9.17) is 0 Å². The van der Waals surface area contributed by atoms with E-state index in [1.165, 1.54) is 6.92 Å². The Morgan fingerprint density at radius 2 is 2.00 bits per heavy atom. The average molecular weight is 244 g/mol. The van der Waals surface area contributed by atoms with Crippen LogP contribution in [0.1, 0.15) is 18.1 Å². The SMILES string of the molecule is CC(=O)/C(C1=NCCN1)=C(/O)c1ccc(C)cc1. The zero-order valence-corrected chi connectivity index (χ0v) is 10.5. The zero-order valence-electron chi connectivity index (χ0n) is 10.5. The van der Waals surface area contributed by atoms with Gasteiger partial charge in [0.15, 0.2) is 5.78 Å². The van der Waals surface area contributed by atoms with Crippen LogP contribution in [0.15, 0.2) is 34.8 Å². The molecule has 0 aliphatic carbocycles. The summed E-state index contributed by atoms with van der Waals surface area (Å²) >= 11 is 0. The summed E-state index contributed by atoms with van der Waals surface area (Å²) in [6, 6.07) is 7.38. The lowest BCUT2D eigenvalue weighted by atomic mass is 10.0. The first-order chi connectivity index (χ1) is 8.59. The Morgan fingerprint density at radius 1 is 1.33 bits per heavy atom. The number of Topliss-reactive ketones (excluding diaryl/α,β-unsaturated/α-hetero) is 1. The Labute approximate surface area is 106 Å². The lowest BCUT2D eigenvalue weighted by Gasteiger charge is -2.09. The highest BCUT2D eigenvalue weighted by Crippen LogP contribution is 2.19. The summed E-state index contributed by atoms with van der Waals surface area (Å²) in [4.78, 5) is 15.9. The van der Waals surface area contributed by atoms with Gasteiger partial charge in [-0.25, -0.2) is 0 Å². The number of aliphatic imine (C=N–C) groups is 1. The molecule has 0 bridgehead atoms. The van der Waals surface area contributed by atoms with Crippen molar-refractivity contribution in [1.82, 2.24) is 5.32 Å². The van der Waals surface area contributed by atoms with Gasteiger partial charge in [0.05, 0.1) is 6.54 Å². The number of aryl methyl sites for hydroxylation is 1. The molecule has 0 unspecified atom stereocenters. The molecular formula is C14H16N2O2. The van der Waals surface area contributed by atoms with Gasteiger partial charge in [-0.2, -0.15) is 0 Å². The summed E-state index contributed by atoms with van der Waals surface area (Å²) in [6.45, 7) is 4.74. The summed E-state index contributed by atoms with van der Waals surface area (Å²) in [5.74, 6) is 0.275. The highest BCUT2D eigenvalue weighted by Gasteiger charge is 2.20. The van der Waals surface area contributed by atoms with Crippen LogP contribution in [-0.2, 0) is 4.79 Å². The van der Waals surface area contributed by atoms with E-state index < -0.39 is 0 Å². The van der Waals surface area contributed by atoms with E-state index in [-0.39, 0.29) is 17.1 Å². The summed E-state index contributed by atoms with van der Waals surface area (Å²) in [5.41, 5.74) is 1.99. The number of aliphatic hydroxyl groups is 1. The van der Waals surface area contributed by atoms with Gasteiger partial charge in [0, 0.05) is 12.1 Å². The Hall–Kier alpha value is -2.10. The second kappa shape index (κ2) is 5.04. The number of carbonyl (C=O) groups excluding carboxylic acids is 1. The first-order valence-corrected chi connectivity index (χ1v) is 5.89. The zero-order chi connectivity index (χ0) is 13.1. The van der Waals surface area contributed by atoms with Crippen LogP contribution in [-0.4, -0.2) is 29.8 Å². The second-order valence-corrected chi connectivity index (χ2v) is 4.30. The van der Waals surface area contributed by atoms with Crippen molar-refractivity contribution in [2.45, 2.75) is 13.8 Å². The van der Waals surface area contributed by atoms with Gasteiger partial charge in [-0.15, -0.1) is 0 Å². The maximum atomic E-state index is 11.7. The number of amidine groups is 1. The Bertz CT molecular complexity index is 527. The highest BCUT2D eigenvalue weighted by atomic mass is 16.3. The van der Waals surface area contributed by atoms with E-state index in [9.17, 15) is 9.90 Å². The van der Waals surface area contributed by atoms with E-state index in [1.54, 1.807) is 12.1 Å². The minimum atomic E-state index is -0.193. The standard InChI is InChI=1S/C14H16N2O2/c1-9-3-5-11(6-4-9)13(18)12(10(2)17)14-15-7-8-16-14/h3-6,18H,7-8H2,1-2H3,(H,15,16)/b13-12-. The smallest absolute Gasteiger partial charge is 0.167 e. The van der Waals surface area contributed by atoms with Crippen LogP contribution in [0, 0.1) is 6.92 Å². The third kappa shape index (κ3) is 2.42. The van der Waals surface area contributed by atoms with Gasteiger partial charge in [0.25, 0.3) is 0 Å². The van der Waals surface area contributed by atoms with Gasteiger partial charge in [-0.3, -0.25) is 9.79 Å². The molecule has 1 heterocycles. The number of nitrogens with one attached hydrogen (secondary N) is 1. The topological polar surface area (TPSA) is 61.7 Å². The molecule has 2 rings (SSSR count). The van der Waals surface area contributed by atoms with Gasteiger partial charge < -0.3 is 10.4 Å². The molecule has 0 fully saturated rings. The minimum Gasteiger partial charge on any atom is -0.506 e. The summed E-state index contributed by atoms with van der Waals surface area (Å²) in [7, 11) is 0. The monoisotopic (exact) mass is 244 g/mol. The Balaban J connectivity index is 2.47. The summed E-state index contributed by atoms with van der Waals surface area (Å²) < 4.78 is 0. The fourth-order valence-electron chi connectivity index (χ4n) is 1.87. The van der Waals surface area contributed by atoms with Crippen LogP contribution in [0.3, 0.4) is 0 Å². The largest absolute Gasteiger partial charge is 0.506 e. The third-order valence-electron chi connectivity index (χ3n) is 2.82. The lowest BCUT2D eigenvalue weighted by Crippen LogP contribution is -2.25. The molecule has 0 aromatic heterocycles. The van der Waals surface area contributed by atoms with E-state index in [0.29, 0.717) is 24.5 Å². The molecule has 4 nitrogen and oxygen atoms in total. The van der Waals surface area contributed by atoms with Crippen molar-refractivity contribution >= 4 is 17.4 Å². The fourth-order valence-corrected chi connectivity index (χ4v) is 1.87. The van der Waals surface area contributed by atoms with Gasteiger partial charge in [-0.05, 0) is 13.8 Å². The maximum absolute atomic E-state index is 11.7. The molecule has 0 radical (unpaired) electrons. The highest BCUT2D eigenvalue weighted by molar-refractivity contribution is 6.25. The maximum Gasteiger partial charge on any atom is 0.167 e. The number of aliphatic hydroxyl groups excluding tert-OH is 1. The van der Waals surface area contributed by atoms with Crippen molar-refractivity contribution in [3.8, 4) is 0 Å². The number of carbonyl (C=O) groups is 1. The number of nitrogens with zero attached hydrogens (tertiary/aromatic N) is 1. The molecule has 0 atom stereocenters. The number of benzene rings is 1. The molecule has 18 heavy (non-hydrogen) atoms. The second-order valence-electron chi connectivity index (χ2n) is 4.30. The lowest BCUT2D eigenvalue weighted by molar-refractivity contribution is -0.113. The van der Waals surface area contributed by atoms with E-state index in [2.05, 4.69) is 10.3 Å². The van der Waals surface area contributed by atoms with Crippen molar-refractivity contribution in [2.75, 3.05) is 13.1 Å².